The second kappa shape index (κ2) is 15.6. The number of methoxy groups -OCH3 is 1. The smallest absolute Gasteiger partial charge is 0.318 e. The molecule has 2 aromatic heterocycles. The maximum absolute atomic E-state index is 14.5. The van der Waals surface area contributed by atoms with E-state index in [2.05, 4.69) is 21.9 Å². The Morgan fingerprint density at radius 3 is 2.73 bits per heavy atom. The van der Waals surface area contributed by atoms with E-state index in [4.69, 9.17) is 9.47 Å². The molecule has 2 heterocycles. The molecule has 3 rings (SSSR count). The number of benzene rings is 1. The molecule has 0 aliphatic heterocycles. The summed E-state index contributed by atoms with van der Waals surface area (Å²) in [6, 6.07) is 7.35. The minimum Gasteiger partial charge on any atom is -0.494 e. The summed E-state index contributed by atoms with van der Waals surface area (Å²) in [6.07, 6.45) is 4.82. The number of urea groups is 1. The van der Waals surface area contributed by atoms with Crippen molar-refractivity contribution < 1.29 is 27.4 Å². The fourth-order valence-electron chi connectivity index (χ4n) is 4.56. The summed E-state index contributed by atoms with van der Waals surface area (Å²) >= 11 is 0. The summed E-state index contributed by atoms with van der Waals surface area (Å²) in [5.41, 5.74) is 2.84. The molecule has 220 valence electrons. The third-order valence-corrected chi connectivity index (χ3v) is 6.76. The molecule has 3 aromatic rings. The molecule has 0 fully saturated rings. The van der Waals surface area contributed by atoms with Crippen LogP contribution in [0.5, 0.6) is 11.5 Å². The first-order valence-electron chi connectivity index (χ1n) is 13.6. The monoisotopic (exact) mass is 570 g/mol. The van der Waals surface area contributed by atoms with E-state index < -0.39 is 31.0 Å². The molecule has 0 aliphatic carbocycles. The van der Waals surface area contributed by atoms with Crippen molar-refractivity contribution >= 4 is 16.9 Å². The van der Waals surface area contributed by atoms with E-state index in [9.17, 15) is 18.0 Å². The van der Waals surface area contributed by atoms with Crippen LogP contribution in [0.3, 0.4) is 0 Å². The number of aromatic nitrogens is 2. The summed E-state index contributed by atoms with van der Waals surface area (Å²) in [4.78, 5) is 23.7. The average molecular weight is 571 g/mol. The Balaban J connectivity index is 1.96. The SMILES string of the molecule is C=CCCOc1cc(-c2cc([C@@H](C)N(CC)C(=O)NC(CCCF)C(F)C=CF)ncc2OC)cc2cccnc12. The van der Waals surface area contributed by atoms with Gasteiger partial charge in [-0.15, -0.1) is 6.58 Å². The van der Waals surface area contributed by atoms with Gasteiger partial charge in [-0.05, 0) is 69.0 Å². The highest BCUT2D eigenvalue weighted by atomic mass is 19.1. The maximum atomic E-state index is 14.5. The highest BCUT2D eigenvalue weighted by molar-refractivity contribution is 5.90. The van der Waals surface area contributed by atoms with Gasteiger partial charge in [-0.3, -0.25) is 14.4 Å². The number of rotatable bonds is 15. The maximum Gasteiger partial charge on any atom is 0.318 e. The van der Waals surface area contributed by atoms with Crippen molar-refractivity contribution in [3.05, 3.63) is 73.5 Å². The number of alkyl halides is 2. The van der Waals surface area contributed by atoms with E-state index in [0.29, 0.717) is 36.3 Å². The molecule has 2 unspecified atom stereocenters. The average Bonchev–Trinajstić information content (AvgIpc) is 2.99. The summed E-state index contributed by atoms with van der Waals surface area (Å²) in [5, 5.41) is 3.48. The molecule has 0 saturated carbocycles. The van der Waals surface area contributed by atoms with Crippen LogP contribution in [0.1, 0.15) is 44.8 Å². The molecular weight excluding hydrogens is 533 g/mol. The predicted molar refractivity (Wildman–Crippen MR) is 155 cm³/mol. The van der Waals surface area contributed by atoms with Crippen molar-refractivity contribution in [1.82, 2.24) is 20.2 Å². The lowest BCUT2D eigenvalue weighted by molar-refractivity contribution is 0.169. The fraction of sp³-hybridized carbons (Fsp3) is 0.387. The number of carbonyl (C=O) groups excluding carboxylic acids is 1. The quantitative estimate of drug-likeness (QED) is 0.153. The molecule has 10 heteroatoms. The number of nitrogens with one attached hydrogen (secondary N) is 1. The van der Waals surface area contributed by atoms with Gasteiger partial charge in [0.2, 0.25) is 0 Å². The van der Waals surface area contributed by atoms with Crippen LogP contribution in [0.15, 0.2) is 67.8 Å². The first kappa shape index (κ1) is 31.4. The number of hydrogen-bond acceptors (Lipinski definition) is 5. The van der Waals surface area contributed by atoms with Crippen LogP contribution in [0, 0.1) is 0 Å². The van der Waals surface area contributed by atoms with Gasteiger partial charge >= 0.3 is 6.03 Å². The Kier molecular flexibility index (Phi) is 12.0. The lowest BCUT2D eigenvalue weighted by Crippen LogP contribution is -2.48. The van der Waals surface area contributed by atoms with Crippen LogP contribution >= 0.6 is 0 Å². The van der Waals surface area contributed by atoms with Crippen molar-refractivity contribution in [3.63, 3.8) is 0 Å². The molecule has 3 atom stereocenters. The lowest BCUT2D eigenvalue weighted by atomic mass is 10.0. The molecule has 0 saturated heterocycles. The minimum atomic E-state index is -1.79. The molecule has 7 nitrogen and oxygen atoms in total. The topological polar surface area (TPSA) is 76.6 Å². The predicted octanol–water partition coefficient (Wildman–Crippen LogP) is 7.29. The standard InChI is InChI=1S/C31H37F3N4O3/c1-5-7-16-41-28-18-23(17-22-10-9-15-35-30(22)28)24-19-27(36-20-29(24)40-4)21(3)38(6-2)31(39)37-26(11-8-13-32)25(34)12-14-33/h5,9-10,12,14-15,17-21,25-26H,1,6-8,11,13,16H2,2-4H3,(H,37,39)/t21-,25?,26?/m1/s1. The third-order valence-electron chi connectivity index (χ3n) is 6.76. The van der Waals surface area contributed by atoms with E-state index in [-0.39, 0.29) is 25.7 Å². The second-order valence-corrected chi connectivity index (χ2v) is 9.40. The number of nitrogens with zero attached hydrogens (tertiary/aromatic N) is 3. The van der Waals surface area contributed by atoms with E-state index in [1.165, 1.54) is 4.90 Å². The molecule has 1 N–H and O–H groups in total. The zero-order valence-corrected chi connectivity index (χ0v) is 23.7. The molecule has 0 spiro atoms. The Labute approximate surface area is 239 Å². The first-order chi connectivity index (χ1) is 19.9. The van der Waals surface area contributed by atoms with Crippen LogP contribution in [0.25, 0.3) is 22.0 Å². The Morgan fingerprint density at radius 1 is 1.24 bits per heavy atom. The summed E-state index contributed by atoms with van der Waals surface area (Å²) < 4.78 is 51.5. The van der Waals surface area contributed by atoms with E-state index >= 15 is 0 Å². The molecule has 0 aliphatic rings. The van der Waals surface area contributed by atoms with Gasteiger partial charge in [0.15, 0.2) is 0 Å². The van der Waals surface area contributed by atoms with E-state index in [1.54, 1.807) is 39.4 Å². The number of hydrogen-bond donors (Lipinski definition) is 1. The number of ether oxygens (including phenoxy) is 2. The Bertz CT molecular complexity index is 1340. The van der Waals surface area contributed by atoms with Gasteiger partial charge in [0.25, 0.3) is 0 Å². The molecule has 1 aromatic carbocycles. The molecule has 0 bridgehead atoms. The van der Waals surface area contributed by atoms with Crippen molar-refractivity contribution in [2.75, 3.05) is 26.9 Å². The third kappa shape index (κ3) is 7.99. The van der Waals surface area contributed by atoms with Crippen molar-refractivity contribution in [2.24, 2.45) is 0 Å². The molecular formula is C31H37F3N4O3. The van der Waals surface area contributed by atoms with Crippen LogP contribution in [0.2, 0.25) is 0 Å². The fourth-order valence-corrected chi connectivity index (χ4v) is 4.56. The van der Waals surface area contributed by atoms with Gasteiger partial charge in [-0.25, -0.2) is 13.6 Å². The van der Waals surface area contributed by atoms with Crippen LogP contribution < -0.4 is 14.8 Å². The normalized spacial score (nSPS) is 13.5. The summed E-state index contributed by atoms with van der Waals surface area (Å²) in [7, 11) is 1.55. The van der Waals surface area contributed by atoms with Crippen LogP contribution in [-0.2, 0) is 0 Å². The van der Waals surface area contributed by atoms with Crippen molar-refractivity contribution in [1.29, 1.82) is 0 Å². The Morgan fingerprint density at radius 2 is 2.05 bits per heavy atom. The summed E-state index contributed by atoms with van der Waals surface area (Å²) in [6.45, 7) is 7.40. The summed E-state index contributed by atoms with van der Waals surface area (Å²) in [5.74, 6) is 1.14. The zero-order valence-electron chi connectivity index (χ0n) is 23.7. The molecule has 41 heavy (non-hydrogen) atoms. The van der Waals surface area contributed by atoms with Crippen LogP contribution in [-0.4, -0.2) is 60.0 Å². The highest BCUT2D eigenvalue weighted by Crippen LogP contribution is 2.37. The van der Waals surface area contributed by atoms with Gasteiger partial charge in [0.05, 0.1) is 50.7 Å². The highest BCUT2D eigenvalue weighted by Gasteiger charge is 2.27. The van der Waals surface area contributed by atoms with Crippen molar-refractivity contribution in [3.8, 4) is 22.6 Å². The van der Waals surface area contributed by atoms with Crippen molar-refractivity contribution in [2.45, 2.75) is 51.4 Å². The van der Waals surface area contributed by atoms with Gasteiger partial charge in [0, 0.05) is 23.7 Å². The van der Waals surface area contributed by atoms with Gasteiger partial charge in [-0.1, -0.05) is 12.1 Å². The Hall–Kier alpha value is -4.08. The van der Waals surface area contributed by atoms with E-state index in [1.807, 2.05) is 30.3 Å². The number of carbonyl (C=O) groups is 1. The number of halogens is 3. The first-order valence-corrected chi connectivity index (χ1v) is 13.6. The largest absolute Gasteiger partial charge is 0.494 e. The number of fused-ring (bicyclic) bond motifs is 1. The van der Waals surface area contributed by atoms with Crippen LogP contribution in [0.4, 0.5) is 18.0 Å². The minimum absolute atomic E-state index is 0.0264. The molecule has 2 amide bonds. The second-order valence-electron chi connectivity index (χ2n) is 9.40. The van der Waals surface area contributed by atoms with E-state index in [0.717, 1.165) is 22.0 Å². The lowest BCUT2D eigenvalue weighted by Gasteiger charge is -2.31. The van der Waals surface area contributed by atoms with Gasteiger partial charge < -0.3 is 19.7 Å². The van der Waals surface area contributed by atoms with Gasteiger partial charge in [-0.2, -0.15) is 0 Å². The van der Waals surface area contributed by atoms with Gasteiger partial charge in [0.1, 0.15) is 23.2 Å². The number of amides is 2. The molecule has 0 radical (unpaired) electrons. The zero-order chi connectivity index (χ0) is 29.8. The number of pyridine rings is 2.